The second-order valence-corrected chi connectivity index (χ2v) is 7.37. The number of rotatable bonds is 12. The number of hydrogen-bond acceptors (Lipinski definition) is 2. The zero-order valence-electron chi connectivity index (χ0n) is 10.7. The molecule has 0 saturated carbocycles. The van der Waals surface area contributed by atoms with Gasteiger partial charge in [-0.05, 0) is 6.92 Å². The Hall–Kier alpha value is 1.27. The molecule has 0 aromatic rings. The van der Waals surface area contributed by atoms with Gasteiger partial charge in [-0.2, -0.15) is 0 Å². The summed E-state index contributed by atoms with van der Waals surface area (Å²) in [6.45, 7) is 5.32. The van der Waals surface area contributed by atoms with Crippen LogP contribution in [0.4, 0.5) is 0 Å². The van der Waals surface area contributed by atoms with Crippen LogP contribution in [0.2, 0.25) is 0 Å². The molecule has 1 radical (unpaired) electrons. The third-order valence-corrected chi connectivity index (χ3v) is 5.77. The lowest BCUT2D eigenvalue weighted by Gasteiger charge is -2.37. The second-order valence-electron chi connectivity index (χ2n) is 3.49. The van der Waals surface area contributed by atoms with Gasteiger partial charge in [-0.25, -0.2) is 9.34 Å². The molecule has 4 nitrogen and oxygen atoms in total. The molecule has 0 aromatic heterocycles. The van der Waals surface area contributed by atoms with Crippen LogP contribution in [-0.4, -0.2) is 65.6 Å². The third kappa shape index (κ3) is 6.71. The summed E-state index contributed by atoms with van der Waals surface area (Å²) in [6, 6.07) is 0. The Balaban J connectivity index is 5.17. The smallest absolute Gasteiger partial charge is 0.306 e. The van der Waals surface area contributed by atoms with Crippen LogP contribution in [0.3, 0.4) is 0 Å². The molecule has 0 amide bonds. The van der Waals surface area contributed by atoms with Crippen molar-refractivity contribution >= 4 is 54.1 Å². The molecular weight excluding hydrogens is 353 g/mol. The van der Waals surface area contributed by atoms with Gasteiger partial charge >= 0.3 is 7.67 Å². The van der Waals surface area contributed by atoms with E-state index in [9.17, 15) is 4.57 Å². The molecule has 0 atom stereocenters. The van der Waals surface area contributed by atoms with Gasteiger partial charge in [0.2, 0.25) is 0 Å². The van der Waals surface area contributed by atoms with Crippen molar-refractivity contribution in [3.8, 4) is 0 Å². The van der Waals surface area contributed by atoms with Gasteiger partial charge in [0.1, 0.15) is 0 Å². The van der Waals surface area contributed by atoms with E-state index in [4.69, 9.17) is 50.9 Å². The van der Waals surface area contributed by atoms with Crippen LogP contribution in [0.5, 0.6) is 0 Å². The van der Waals surface area contributed by atoms with E-state index >= 15 is 0 Å². The molecule has 0 aliphatic heterocycles. The van der Waals surface area contributed by atoms with Gasteiger partial charge in [0.15, 0.2) is 0 Å². The fraction of sp³-hybridized carbons (Fsp3) is 0.900. The van der Waals surface area contributed by atoms with E-state index in [2.05, 4.69) is 6.92 Å². The van der Waals surface area contributed by atoms with Gasteiger partial charge in [-0.3, -0.25) is 4.57 Å². The molecule has 0 saturated heterocycles. The summed E-state index contributed by atoms with van der Waals surface area (Å²) in [5.74, 6) is 1.32. The van der Waals surface area contributed by atoms with E-state index in [0.717, 1.165) is 0 Å². The molecule has 0 heterocycles. The summed E-state index contributed by atoms with van der Waals surface area (Å²) in [6.07, 6.45) is 0. The predicted molar refractivity (Wildman–Crippen MR) is 84.9 cm³/mol. The molecule has 0 unspecified atom stereocenters. The lowest BCUT2D eigenvalue weighted by molar-refractivity contribution is 0.233. The van der Waals surface area contributed by atoms with Crippen molar-refractivity contribution in [2.24, 2.45) is 0 Å². The molecule has 0 bridgehead atoms. The van der Waals surface area contributed by atoms with Crippen molar-refractivity contribution in [3.05, 3.63) is 6.92 Å². The molecule has 0 aromatic carbocycles. The van der Waals surface area contributed by atoms with E-state index in [1.807, 2.05) is 0 Å². The normalized spacial score (nSPS) is 12.6. The predicted octanol–water partition coefficient (Wildman–Crippen LogP) is 3.50. The van der Waals surface area contributed by atoms with Crippen molar-refractivity contribution in [1.82, 2.24) is 9.34 Å². The quantitative estimate of drug-likeness (QED) is 0.387. The number of alkyl halides is 4. The molecule has 0 spiro atoms. The van der Waals surface area contributed by atoms with Crippen molar-refractivity contribution < 1.29 is 9.09 Å². The van der Waals surface area contributed by atoms with Crippen molar-refractivity contribution in [2.45, 2.75) is 0 Å². The summed E-state index contributed by atoms with van der Waals surface area (Å²) < 4.78 is 21.9. The first-order chi connectivity index (χ1) is 9.10. The summed E-state index contributed by atoms with van der Waals surface area (Å²) in [7, 11) is -3.24. The van der Waals surface area contributed by atoms with Crippen LogP contribution in [-0.2, 0) is 9.09 Å². The van der Waals surface area contributed by atoms with Crippen LogP contribution >= 0.6 is 54.1 Å². The molecular formula is C10H20Cl4N2O2P. The van der Waals surface area contributed by atoms with Crippen LogP contribution in [0.15, 0.2) is 0 Å². The zero-order valence-corrected chi connectivity index (χ0v) is 14.7. The highest BCUT2D eigenvalue weighted by molar-refractivity contribution is 7.54. The number of hydrogen-bond donors (Lipinski definition) is 0. The van der Waals surface area contributed by atoms with E-state index in [-0.39, 0.29) is 6.61 Å². The van der Waals surface area contributed by atoms with Gasteiger partial charge in [-0.1, -0.05) is 0 Å². The number of halogens is 4. The Bertz CT molecular complexity index is 242. The average molecular weight is 373 g/mol. The fourth-order valence-corrected chi connectivity index (χ4v) is 5.20. The van der Waals surface area contributed by atoms with E-state index in [1.165, 1.54) is 0 Å². The van der Waals surface area contributed by atoms with Crippen molar-refractivity contribution in [1.29, 1.82) is 0 Å². The molecule has 0 N–H and O–H groups in total. The molecule has 0 aliphatic carbocycles. The van der Waals surface area contributed by atoms with Crippen LogP contribution < -0.4 is 0 Å². The average Bonchev–Trinajstić information content (AvgIpc) is 2.38. The Morgan fingerprint density at radius 2 is 1.16 bits per heavy atom. The minimum atomic E-state index is -3.24. The molecule has 9 heteroatoms. The highest BCUT2D eigenvalue weighted by atomic mass is 35.5. The van der Waals surface area contributed by atoms with E-state index in [1.54, 1.807) is 9.34 Å². The maximum atomic E-state index is 13.1. The molecule has 115 valence electrons. The van der Waals surface area contributed by atoms with Crippen LogP contribution in [0.1, 0.15) is 0 Å². The Kier molecular flexibility index (Phi) is 12.7. The topological polar surface area (TPSA) is 32.8 Å². The van der Waals surface area contributed by atoms with Gasteiger partial charge in [0, 0.05) is 49.7 Å². The molecule has 0 fully saturated rings. The summed E-state index contributed by atoms with van der Waals surface area (Å²) in [4.78, 5) is 0. The van der Waals surface area contributed by atoms with Gasteiger partial charge in [0.05, 0.1) is 6.61 Å². The highest BCUT2D eigenvalue weighted by Gasteiger charge is 2.37. The standard InChI is InChI=1S/C10H20Cl4N2O2P/c1-2-18-19(17,15(7-3-11)8-4-12)16(9-5-13)10-6-14/h1-10H2. The first kappa shape index (κ1) is 20.3. The molecule has 0 rings (SSSR count). The molecule has 19 heavy (non-hydrogen) atoms. The van der Waals surface area contributed by atoms with Gasteiger partial charge in [-0.15, -0.1) is 46.4 Å². The van der Waals surface area contributed by atoms with Gasteiger partial charge in [0.25, 0.3) is 0 Å². The number of nitrogens with zero attached hydrogens (tertiary/aromatic N) is 2. The monoisotopic (exact) mass is 371 g/mol. The first-order valence-electron chi connectivity index (χ1n) is 5.89. The largest absolute Gasteiger partial charge is 0.346 e. The van der Waals surface area contributed by atoms with Crippen LogP contribution in [0, 0.1) is 6.92 Å². The third-order valence-electron chi connectivity index (χ3n) is 2.34. The summed E-state index contributed by atoms with van der Waals surface area (Å²) >= 11 is 23.0. The van der Waals surface area contributed by atoms with E-state index < -0.39 is 7.67 Å². The fourth-order valence-electron chi connectivity index (χ4n) is 1.58. The Labute approximate surface area is 135 Å². The SMILES string of the molecule is [CH2]COP(=O)(N(CCCl)CCCl)N(CCCl)CCCl. The van der Waals surface area contributed by atoms with Gasteiger partial charge < -0.3 is 4.52 Å². The molecule has 0 aliphatic rings. The highest BCUT2D eigenvalue weighted by Crippen LogP contribution is 2.53. The van der Waals surface area contributed by atoms with E-state index in [0.29, 0.717) is 49.7 Å². The first-order valence-corrected chi connectivity index (χ1v) is 9.56. The second kappa shape index (κ2) is 11.9. The van der Waals surface area contributed by atoms with Crippen molar-refractivity contribution in [2.75, 3.05) is 56.3 Å². The Morgan fingerprint density at radius 1 is 0.842 bits per heavy atom. The lowest BCUT2D eigenvalue weighted by atomic mass is 10.6. The Morgan fingerprint density at radius 3 is 1.37 bits per heavy atom. The zero-order chi connectivity index (χ0) is 14.7. The van der Waals surface area contributed by atoms with Crippen LogP contribution in [0.25, 0.3) is 0 Å². The maximum Gasteiger partial charge on any atom is 0.346 e. The van der Waals surface area contributed by atoms with Crippen molar-refractivity contribution in [3.63, 3.8) is 0 Å². The summed E-state index contributed by atoms with van der Waals surface area (Å²) in [5, 5.41) is 0. The lowest BCUT2D eigenvalue weighted by Crippen LogP contribution is -2.37. The maximum absolute atomic E-state index is 13.1. The minimum Gasteiger partial charge on any atom is -0.306 e. The minimum absolute atomic E-state index is 0.0828. The summed E-state index contributed by atoms with van der Waals surface area (Å²) in [5.41, 5.74) is 0.